The van der Waals surface area contributed by atoms with Crippen molar-refractivity contribution in [2.24, 2.45) is 5.14 Å². The van der Waals surface area contributed by atoms with Gasteiger partial charge in [0, 0.05) is 11.3 Å². The fourth-order valence-electron chi connectivity index (χ4n) is 2.52. The van der Waals surface area contributed by atoms with Gasteiger partial charge in [0.25, 0.3) is 5.91 Å². The van der Waals surface area contributed by atoms with Gasteiger partial charge in [-0.3, -0.25) is 4.79 Å². The standard InChI is InChI=1S/C18H16N2O3S/c1-12-6-9-16(11-17(12)24(19,22)23)20-18(21)15-8-7-13-4-2-3-5-14(13)10-15/h2-11H,1H3,(H,20,21)(H2,19,22,23). The van der Waals surface area contributed by atoms with E-state index in [4.69, 9.17) is 5.14 Å². The Labute approximate surface area is 140 Å². The number of benzene rings is 3. The van der Waals surface area contributed by atoms with Gasteiger partial charge < -0.3 is 5.32 Å². The molecule has 122 valence electrons. The van der Waals surface area contributed by atoms with Gasteiger partial charge in [0.05, 0.1) is 4.90 Å². The number of nitrogens with two attached hydrogens (primary N) is 1. The summed E-state index contributed by atoms with van der Waals surface area (Å²) in [5.41, 5.74) is 1.40. The van der Waals surface area contributed by atoms with Crippen LogP contribution >= 0.6 is 0 Å². The van der Waals surface area contributed by atoms with Crippen LogP contribution in [0, 0.1) is 6.92 Å². The van der Waals surface area contributed by atoms with Gasteiger partial charge in [-0.05, 0) is 47.5 Å². The second kappa shape index (κ2) is 6.07. The Bertz CT molecular complexity index is 1040. The normalized spacial score (nSPS) is 11.4. The average Bonchev–Trinajstić information content (AvgIpc) is 2.55. The summed E-state index contributed by atoms with van der Waals surface area (Å²) in [5, 5.41) is 9.89. The number of sulfonamides is 1. The molecule has 0 aliphatic heterocycles. The van der Waals surface area contributed by atoms with E-state index in [9.17, 15) is 13.2 Å². The zero-order valence-corrected chi connectivity index (χ0v) is 13.8. The highest BCUT2D eigenvalue weighted by Gasteiger charge is 2.14. The lowest BCUT2D eigenvalue weighted by Crippen LogP contribution is -2.16. The van der Waals surface area contributed by atoms with E-state index in [0.717, 1.165) is 10.8 Å². The molecule has 0 aliphatic rings. The third-order valence-corrected chi connectivity index (χ3v) is 4.82. The van der Waals surface area contributed by atoms with Crippen molar-refractivity contribution in [2.45, 2.75) is 11.8 Å². The highest BCUT2D eigenvalue weighted by atomic mass is 32.2. The number of hydrogen-bond donors (Lipinski definition) is 2. The van der Waals surface area contributed by atoms with E-state index in [1.54, 1.807) is 31.2 Å². The van der Waals surface area contributed by atoms with Crippen molar-refractivity contribution in [3.63, 3.8) is 0 Å². The molecular weight excluding hydrogens is 324 g/mol. The average molecular weight is 340 g/mol. The fourth-order valence-corrected chi connectivity index (χ4v) is 3.33. The number of anilines is 1. The molecule has 0 saturated heterocycles. The molecule has 0 saturated carbocycles. The molecule has 0 atom stereocenters. The summed E-state index contributed by atoms with van der Waals surface area (Å²) in [4.78, 5) is 12.4. The van der Waals surface area contributed by atoms with Crippen LogP contribution in [0.1, 0.15) is 15.9 Å². The van der Waals surface area contributed by atoms with Gasteiger partial charge >= 0.3 is 0 Å². The summed E-state index contributed by atoms with van der Waals surface area (Å²) in [6.07, 6.45) is 0. The largest absolute Gasteiger partial charge is 0.322 e. The maximum Gasteiger partial charge on any atom is 0.255 e. The first-order valence-electron chi connectivity index (χ1n) is 7.28. The van der Waals surface area contributed by atoms with Gasteiger partial charge in [-0.15, -0.1) is 0 Å². The monoisotopic (exact) mass is 340 g/mol. The molecule has 0 aromatic heterocycles. The van der Waals surface area contributed by atoms with E-state index in [0.29, 0.717) is 16.8 Å². The number of nitrogens with one attached hydrogen (secondary N) is 1. The van der Waals surface area contributed by atoms with Gasteiger partial charge in [-0.1, -0.05) is 36.4 Å². The number of carbonyl (C=O) groups excluding carboxylic acids is 1. The Morgan fingerprint density at radius 2 is 1.67 bits per heavy atom. The topological polar surface area (TPSA) is 89.3 Å². The Balaban J connectivity index is 1.91. The van der Waals surface area contributed by atoms with Crippen molar-refractivity contribution >= 4 is 32.4 Å². The Morgan fingerprint density at radius 1 is 0.958 bits per heavy atom. The summed E-state index contributed by atoms with van der Waals surface area (Å²) in [5.74, 6) is -0.315. The fraction of sp³-hybridized carbons (Fsp3) is 0.0556. The molecule has 5 nitrogen and oxygen atoms in total. The third-order valence-electron chi connectivity index (χ3n) is 3.76. The Hall–Kier alpha value is -2.70. The number of carbonyl (C=O) groups is 1. The zero-order chi connectivity index (χ0) is 17.3. The third kappa shape index (κ3) is 3.29. The summed E-state index contributed by atoms with van der Waals surface area (Å²) < 4.78 is 23.1. The maximum atomic E-state index is 12.4. The number of primary sulfonamides is 1. The molecule has 0 bridgehead atoms. The van der Waals surface area contributed by atoms with Crippen LogP contribution in [0.3, 0.4) is 0 Å². The quantitative estimate of drug-likeness (QED) is 0.768. The second-order valence-corrected chi connectivity index (χ2v) is 7.07. The highest BCUT2D eigenvalue weighted by molar-refractivity contribution is 7.89. The minimum Gasteiger partial charge on any atom is -0.322 e. The molecule has 0 heterocycles. The lowest BCUT2D eigenvalue weighted by atomic mass is 10.1. The van der Waals surface area contributed by atoms with Crippen molar-refractivity contribution < 1.29 is 13.2 Å². The molecule has 3 aromatic carbocycles. The molecule has 0 radical (unpaired) electrons. The molecule has 3 aromatic rings. The summed E-state index contributed by atoms with van der Waals surface area (Å²) >= 11 is 0. The lowest BCUT2D eigenvalue weighted by Gasteiger charge is -2.09. The number of hydrogen-bond acceptors (Lipinski definition) is 3. The number of rotatable bonds is 3. The van der Waals surface area contributed by atoms with Crippen LogP contribution in [0.5, 0.6) is 0 Å². The van der Waals surface area contributed by atoms with Crippen LogP contribution in [0.4, 0.5) is 5.69 Å². The molecule has 3 N–H and O–H groups in total. The summed E-state index contributed by atoms with van der Waals surface area (Å²) in [7, 11) is -3.84. The van der Waals surface area contributed by atoms with Gasteiger partial charge in [0.15, 0.2) is 0 Å². The van der Waals surface area contributed by atoms with Crippen LogP contribution < -0.4 is 10.5 Å². The van der Waals surface area contributed by atoms with Crippen molar-refractivity contribution in [1.82, 2.24) is 0 Å². The molecule has 0 fully saturated rings. The summed E-state index contributed by atoms with van der Waals surface area (Å²) in [6.45, 7) is 1.65. The van der Waals surface area contributed by atoms with E-state index in [2.05, 4.69) is 5.32 Å². The van der Waals surface area contributed by atoms with E-state index in [1.165, 1.54) is 6.07 Å². The minimum atomic E-state index is -3.84. The van der Waals surface area contributed by atoms with Crippen LogP contribution in [-0.4, -0.2) is 14.3 Å². The van der Waals surface area contributed by atoms with Gasteiger partial charge in [0.1, 0.15) is 0 Å². The molecule has 6 heteroatoms. The molecule has 3 rings (SSSR count). The predicted molar refractivity (Wildman–Crippen MR) is 94.5 cm³/mol. The molecule has 24 heavy (non-hydrogen) atoms. The predicted octanol–water partition coefficient (Wildman–Crippen LogP) is 3.05. The Kier molecular flexibility index (Phi) is 4.09. The SMILES string of the molecule is Cc1ccc(NC(=O)c2ccc3ccccc3c2)cc1S(N)(=O)=O. The first kappa shape index (κ1) is 16.2. The molecule has 0 aliphatic carbocycles. The van der Waals surface area contributed by atoms with Crippen LogP contribution in [0.15, 0.2) is 65.6 Å². The number of aryl methyl sites for hydroxylation is 1. The highest BCUT2D eigenvalue weighted by Crippen LogP contribution is 2.21. The molecule has 0 unspecified atom stereocenters. The first-order valence-corrected chi connectivity index (χ1v) is 8.83. The molecule has 1 amide bonds. The lowest BCUT2D eigenvalue weighted by molar-refractivity contribution is 0.102. The zero-order valence-electron chi connectivity index (χ0n) is 13.0. The van der Waals surface area contributed by atoms with Crippen LogP contribution in [-0.2, 0) is 10.0 Å². The van der Waals surface area contributed by atoms with Crippen LogP contribution in [0.2, 0.25) is 0 Å². The minimum absolute atomic E-state index is 0.00110. The molecule has 0 spiro atoms. The van der Waals surface area contributed by atoms with Crippen molar-refractivity contribution in [2.75, 3.05) is 5.32 Å². The van der Waals surface area contributed by atoms with Gasteiger partial charge in [-0.25, -0.2) is 13.6 Å². The van der Waals surface area contributed by atoms with Gasteiger partial charge in [-0.2, -0.15) is 0 Å². The van der Waals surface area contributed by atoms with E-state index in [1.807, 2.05) is 30.3 Å². The van der Waals surface area contributed by atoms with Gasteiger partial charge in [0.2, 0.25) is 10.0 Å². The number of amides is 1. The van der Waals surface area contributed by atoms with E-state index in [-0.39, 0.29) is 10.8 Å². The van der Waals surface area contributed by atoms with Crippen molar-refractivity contribution in [3.05, 3.63) is 71.8 Å². The van der Waals surface area contributed by atoms with E-state index < -0.39 is 10.0 Å². The first-order chi connectivity index (χ1) is 11.3. The second-order valence-electron chi connectivity index (χ2n) is 5.54. The smallest absolute Gasteiger partial charge is 0.255 e. The molecular formula is C18H16N2O3S. The number of fused-ring (bicyclic) bond motifs is 1. The van der Waals surface area contributed by atoms with Crippen molar-refractivity contribution in [3.8, 4) is 0 Å². The Morgan fingerprint density at radius 3 is 2.38 bits per heavy atom. The maximum absolute atomic E-state index is 12.4. The van der Waals surface area contributed by atoms with Crippen molar-refractivity contribution in [1.29, 1.82) is 0 Å². The van der Waals surface area contributed by atoms with Crippen LogP contribution in [0.25, 0.3) is 10.8 Å². The summed E-state index contributed by atoms with van der Waals surface area (Å²) in [6, 6.07) is 17.7. The van der Waals surface area contributed by atoms with E-state index >= 15 is 0 Å².